The van der Waals surface area contributed by atoms with Crippen molar-refractivity contribution in [3.05, 3.63) is 57.6 Å². The van der Waals surface area contributed by atoms with Crippen LogP contribution in [0.5, 0.6) is 11.5 Å². The Hall–Kier alpha value is -3.80. The Morgan fingerprint density at radius 2 is 2.03 bits per heavy atom. The van der Waals surface area contributed by atoms with Crippen LogP contribution in [0.25, 0.3) is 0 Å². The number of benzene rings is 1. The number of hydrazone groups is 1. The lowest BCUT2D eigenvalue weighted by Crippen LogP contribution is -2.45. The fourth-order valence-electron chi connectivity index (χ4n) is 3.05. The molecule has 0 fully saturated rings. The minimum atomic E-state index is -0.756. The van der Waals surface area contributed by atoms with Gasteiger partial charge in [-0.15, -0.1) is 0 Å². The van der Waals surface area contributed by atoms with Crippen molar-refractivity contribution in [1.82, 2.24) is 16.1 Å². The molecule has 11 nitrogen and oxygen atoms in total. The van der Waals surface area contributed by atoms with Gasteiger partial charge < -0.3 is 29.3 Å². The fraction of sp³-hybridized carbons (Fsp3) is 0.238. The number of methoxy groups -OCH3 is 2. The third-order valence-electron chi connectivity index (χ3n) is 4.53. The van der Waals surface area contributed by atoms with Crippen LogP contribution in [0.2, 0.25) is 0 Å². The average molecular weight is 521 g/mol. The van der Waals surface area contributed by atoms with Gasteiger partial charge in [-0.3, -0.25) is 4.79 Å². The summed E-state index contributed by atoms with van der Waals surface area (Å²) in [5.41, 5.74) is 3.53. The number of hydrogen-bond donors (Lipinski definition) is 3. The number of amides is 3. The van der Waals surface area contributed by atoms with Crippen LogP contribution in [0.1, 0.15) is 24.3 Å². The molecule has 1 aliphatic heterocycles. The number of hydrogen-bond acceptors (Lipinski definition) is 8. The van der Waals surface area contributed by atoms with Crippen LogP contribution in [0.4, 0.5) is 4.79 Å². The van der Waals surface area contributed by atoms with E-state index in [1.807, 2.05) is 0 Å². The molecule has 0 saturated heterocycles. The number of allylic oxidation sites excluding steroid dienone is 1. The summed E-state index contributed by atoms with van der Waals surface area (Å²) < 4.78 is 21.5. The number of ether oxygens (including phenoxy) is 3. The maximum absolute atomic E-state index is 12.3. The van der Waals surface area contributed by atoms with Gasteiger partial charge in [-0.05, 0) is 52.7 Å². The summed E-state index contributed by atoms with van der Waals surface area (Å²) in [6, 6.07) is 6.99. The highest BCUT2D eigenvalue weighted by molar-refractivity contribution is 9.10. The second-order valence-corrected chi connectivity index (χ2v) is 7.48. The first-order valence-electron chi connectivity index (χ1n) is 9.57. The van der Waals surface area contributed by atoms with E-state index in [0.717, 1.165) is 0 Å². The fourth-order valence-corrected chi connectivity index (χ4v) is 3.37. The minimum Gasteiger partial charge on any atom is -0.493 e. The van der Waals surface area contributed by atoms with Crippen molar-refractivity contribution in [2.45, 2.75) is 13.0 Å². The molecule has 0 saturated carbocycles. The highest BCUT2D eigenvalue weighted by atomic mass is 79.9. The molecule has 0 spiro atoms. The summed E-state index contributed by atoms with van der Waals surface area (Å²) in [6.07, 6.45) is 1.35. The second-order valence-electron chi connectivity index (χ2n) is 6.70. The molecule has 174 valence electrons. The normalized spacial score (nSPS) is 15.6. The monoisotopic (exact) mass is 520 g/mol. The van der Waals surface area contributed by atoms with Crippen molar-refractivity contribution in [3.8, 4) is 11.5 Å². The van der Waals surface area contributed by atoms with Gasteiger partial charge in [0.05, 0.1) is 32.0 Å². The average Bonchev–Trinajstić information content (AvgIpc) is 3.21. The molecule has 2 heterocycles. The topological polar surface area (TPSA) is 140 Å². The first-order chi connectivity index (χ1) is 15.8. The molecule has 0 unspecified atom stereocenters. The van der Waals surface area contributed by atoms with E-state index in [0.29, 0.717) is 27.4 Å². The van der Waals surface area contributed by atoms with Crippen LogP contribution >= 0.6 is 15.9 Å². The van der Waals surface area contributed by atoms with Crippen LogP contribution in [-0.4, -0.2) is 44.9 Å². The Labute approximate surface area is 197 Å². The SMILES string of the molecule is COC(=O)C1=C(C)NC(=O)N[C@@H]1c1ccc(OCC(=O)N/N=C\c2ccc(Br)o2)c(OC)c1. The number of urea groups is 1. The van der Waals surface area contributed by atoms with E-state index < -0.39 is 23.9 Å². The predicted molar refractivity (Wildman–Crippen MR) is 120 cm³/mol. The summed E-state index contributed by atoms with van der Waals surface area (Å²) >= 11 is 3.17. The van der Waals surface area contributed by atoms with Gasteiger partial charge in [0.15, 0.2) is 22.8 Å². The molecule has 0 aliphatic carbocycles. The zero-order chi connectivity index (χ0) is 24.0. The summed E-state index contributed by atoms with van der Waals surface area (Å²) in [7, 11) is 2.69. The van der Waals surface area contributed by atoms with Gasteiger partial charge in [-0.1, -0.05) is 6.07 Å². The Bertz CT molecular complexity index is 1130. The zero-order valence-electron chi connectivity index (χ0n) is 17.9. The van der Waals surface area contributed by atoms with E-state index in [-0.39, 0.29) is 17.9 Å². The molecule has 12 heteroatoms. The van der Waals surface area contributed by atoms with Crippen LogP contribution < -0.4 is 25.5 Å². The largest absolute Gasteiger partial charge is 0.493 e. The number of rotatable bonds is 8. The number of furan rings is 1. The molecule has 0 radical (unpaired) electrons. The molecule has 1 aliphatic rings. The highest BCUT2D eigenvalue weighted by Gasteiger charge is 2.32. The minimum absolute atomic E-state index is 0.258. The lowest BCUT2D eigenvalue weighted by atomic mass is 9.95. The van der Waals surface area contributed by atoms with E-state index in [4.69, 9.17) is 18.6 Å². The third-order valence-corrected chi connectivity index (χ3v) is 4.96. The molecule has 2 aromatic rings. The van der Waals surface area contributed by atoms with E-state index in [1.54, 1.807) is 37.3 Å². The second kappa shape index (κ2) is 10.7. The lowest BCUT2D eigenvalue weighted by Gasteiger charge is -2.28. The van der Waals surface area contributed by atoms with Crippen molar-refractivity contribution in [3.63, 3.8) is 0 Å². The molecule has 1 aromatic heterocycles. The maximum Gasteiger partial charge on any atom is 0.337 e. The van der Waals surface area contributed by atoms with Crippen molar-refractivity contribution in [1.29, 1.82) is 0 Å². The smallest absolute Gasteiger partial charge is 0.337 e. The Morgan fingerprint density at radius 3 is 2.70 bits per heavy atom. The Balaban J connectivity index is 1.69. The van der Waals surface area contributed by atoms with Gasteiger partial charge in [0, 0.05) is 5.70 Å². The van der Waals surface area contributed by atoms with Crippen molar-refractivity contribution >= 4 is 40.1 Å². The highest BCUT2D eigenvalue weighted by Crippen LogP contribution is 2.34. The number of nitrogens with one attached hydrogen (secondary N) is 3. The van der Waals surface area contributed by atoms with Gasteiger partial charge in [0.1, 0.15) is 5.76 Å². The molecule has 1 atom stereocenters. The molecule has 3 rings (SSSR count). The summed E-state index contributed by atoms with van der Waals surface area (Å²) in [5, 5.41) is 9.03. The first-order valence-corrected chi connectivity index (χ1v) is 10.4. The summed E-state index contributed by atoms with van der Waals surface area (Å²) in [5.74, 6) is -0.0284. The number of halogens is 1. The molecular formula is C21H21BrN4O7. The van der Waals surface area contributed by atoms with Gasteiger partial charge in [0.25, 0.3) is 5.91 Å². The third kappa shape index (κ3) is 5.92. The summed E-state index contributed by atoms with van der Waals surface area (Å²) in [4.78, 5) is 36.2. The van der Waals surface area contributed by atoms with Gasteiger partial charge in [0.2, 0.25) is 0 Å². The van der Waals surface area contributed by atoms with Crippen LogP contribution in [0.3, 0.4) is 0 Å². The Kier molecular flexibility index (Phi) is 7.72. The standard InChI is InChI=1S/C21H21BrN4O7/c1-11-18(20(28)31-3)19(25-21(29)24-11)12-4-6-14(15(8-12)30-2)32-10-17(27)26-23-9-13-5-7-16(22)33-13/h4-9,19H,10H2,1-3H3,(H,26,27)(H2,24,25,29)/b23-9-/t19-/m1/s1. The number of esters is 1. The Morgan fingerprint density at radius 1 is 1.24 bits per heavy atom. The maximum atomic E-state index is 12.3. The quantitative estimate of drug-likeness (QED) is 0.275. The molecule has 0 bridgehead atoms. The van der Waals surface area contributed by atoms with Gasteiger partial charge >= 0.3 is 12.0 Å². The number of carbonyl (C=O) groups is 3. The first kappa shape index (κ1) is 23.9. The lowest BCUT2D eigenvalue weighted by molar-refractivity contribution is -0.136. The molecule has 1 aromatic carbocycles. The molecule has 3 N–H and O–H groups in total. The van der Waals surface area contributed by atoms with Gasteiger partial charge in [-0.2, -0.15) is 5.10 Å². The number of carbonyl (C=O) groups excluding carboxylic acids is 3. The van der Waals surface area contributed by atoms with E-state index in [1.165, 1.54) is 20.4 Å². The van der Waals surface area contributed by atoms with Crippen molar-refractivity contribution in [2.24, 2.45) is 5.10 Å². The molecule has 3 amide bonds. The van der Waals surface area contributed by atoms with Crippen molar-refractivity contribution in [2.75, 3.05) is 20.8 Å². The van der Waals surface area contributed by atoms with Crippen LogP contribution in [0.15, 0.2) is 55.8 Å². The van der Waals surface area contributed by atoms with E-state index in [9.17, 15) is 14.4 Å². The molecular weight excluding hydrogens is 500 g/mol. The van der Waals surface area contributed by atoms with E-state index >= 15 is 0 Å². The van der Waals surface area contributed by atoms with Gasteiger partial charge in [-0.25, -0.2) is 15.0 Å². The van der Waals surface area contributed by atoms with Crippen LogP contribution in [-0.2, 0) is 14.3 Å². The summed E-state index contributed by atoms with van der Waals surface area (Å²) in [6.45, 7) is 1.28. The van der Waals surface area contributed by atoms with Crippen molar-refractivity contribution < 1.29 is 33.0 Å². The number of nitrogens with zero attached hydrogens (tertiary/aromatic N) is 1. The van der Waals surface area contributed by atoms with Crippen LogP contribution in [0, 0.1) is 0 Å². The van der Waals surface area contributed by atoms with E-state index in [2.05, 4.69) is 37.1 Å². The zero-order valence-corrected chi connectivity index (χ0v) is 19.5. The predicted octanol–water partition coefficient (Wildman–Crippen LogP) is 2.38. The molecule has 33 heavy (non-hydrogen) atoms.